The van der Waals surface area contributed by atoms with Crippen molar-refractivity contribution in [1.82, 2.24) is 4.98 Å². The zero-order chi connectivity index (χ0) is 18.4. The number of carbonyl (C=O) groups is 1. The van der Waals surface area contributed by atoms with E-state index in [9.17, 15) is 10.1 Å². The molecule has 1 heterocycles. The van der Waals surface area contributed by atoms with Crippen LogP contribution in [0.5, 0.6) is 0 Å². The van der Waals surface area contributed by atoms with Gasteiger partial charge < -0.3 is 10.1 Å². The summed E-state index contributed by atoms with van der Waals surface area (Å²) in [5, 5.41) is 13.8. The first kappa shape index (κ1) is 19.1. The van der Waals surface area contributed by atoms with Crippen LogP contribution in [-0.2, 0) is 4.74 Å². The molecule has 0 fully saturated rings. The fourth-order valence-electron chi connectivity index (χ4n) is 2.05. The molecule has 0 aliphatic carbocycles. The van der Waals surface area contributed by atoms with E-state index in [1.807, 2.05) is 6.26 Å². The van der Waals surface area contributed by atoms with Crippen molar-refractivity contribution in [2.45, 2.75) is 0 Å². The van der Waals surface area contributed by atoms with Crippen LogP contribution in [0.25, 0.3) is 5.57 Å². The third-order valence-electron chi connectivity index (χ3n) is 3.21. The van der Waals surface area contributed by atoms with Gasteiger partial charge in [0, 0.05) is 11.8 Å². The fraction of sp³-hybridized carbons (Fsp3) is 0.118. The number of hydrogen-bond acceptors (Lipinski definition) is 6. The normalized spacial score (nSPS) is 11.3. The van der Waals surface area contributed by atoms with Crippen LogP contribution in [0.4, 0.5) is 5.69 Å². The summed E-state index contributed by atoms with van der Waals surface area (Å²) in [6.07, 6.45) is 3.32. The summed E-state index contributed by atoms with van der Waals surface area (Å²) in [6, 6.07) is 10.4. The minimum Gasteiger partial charge on any atom is -0.465 e. The molecule has 1 aromatic heterocycles. The van der Waals surface area contributed by atoms with Crippen molar-refractivity contribution >= 4 is 52.2 Å². The molecule has 0 unspecified atom stereocenters. The van der Waals surface area contributed by atoms with Crippen LogP contribution in [0.3, 0.4) is 0 Å². The number of benzene rings is 1. The Bertz CT molecular complexity index is 861. The smallest absolute Gasteiger partial charge is 0.341 e. The minimum atomic E-state index is -0.569. The number of hydrogen-bond donors (Lipinski definition) is 1. The first-order valence-electron chi connectivity index (χ1n) is 6.96. The maximum atomic E-state index is 12.0. The predicted octanol–water partition coefficient (Wildman–Crippen LogP) is 4.84. The lowest BCUT2D eigenvalue weighted by Crippen LogP contribution is -2.09. The van der Waals surface area contributed by atoms with Crippen LogP contribution in [0.2, 0.25) is 10.2 Å². The lowest BCUT2D eigenvalue weighted by atomic mass is 10.1. The number of nitriles is 1. The molecule has 0 atom stereocenters. The Morgan fingerprint density at radius 3 is 2.64 bits per heavy atom. The van der Waals surface area contributed by atoms with Crippen LogP contribution >= 0.6 is 35.0 Å². The lowest BCUT2D eigenvalue weighted by molar-refractivity contribution is 0.0602. The van der Waals surface area contributed by atoms with E-state index in [-0.39, 0.29) is 10.6 Å². The van der Waals surface area contributed by atoms with Gasteiger partial charge in [0.2, 0.25) is 0 Å². The Balaban J connectivity index is 2.52. The second kappa shape index (κ2) is 8.77. The molecule has 8 heteroatoms. The van der Waals surface area contributed by atoms with E-state index in [2.05, 4.69) is 16.4 Å². The molecule has 1 N–H and O–H groups in total. The SMILES string of the molecule is COC(=O)c1c(Cl)cccc1NC(SC)=C(C#N)c1ccc(Cl)nc1. The lowest BCUT2D eigenvalue weighted by Gasteiger charge is -2.15. The highest BCUT2D eigenvalue weighted by Crippen LogP contribution is 2.31. The first-order chi connectivity index (χ1) is 12.0. The maximum Gasteiger partial charge on any atom is 0.341 e. The number of nitrogens with one attached hydrogen (secondary N) is 1. The number of pyridine rings is 1. The molecule has 2 aromatic rings. The number of carbonyl (C=O) groups excluding carboxylic acids is 1. The Morgan fingerprint density at radius 1 is 1.32 bits per heavy atom. The quantitative estimate of drug-likeness (QED) is 0.444. The van der Waals surface area contributed by atoms with Gasteiger partial charge >= 0.3 is 5.97 Å². The molecule has 0 bridgehead atoms. The van der Waals surface area contributed by atoms with Crippen molar-refractivity contribution < 1.29 is 9.53 Å². The molecule has 0 aliphatic rings. The van der Waals surface area contributed by atoms with Crippen molar-refractivity contribution in [3.05, 3.63) is 62.9 Å². The summed E-state index contributed by atoms with van der Waals surface area (Å²) in [5.41, 5.74) is 1.61. The monoisotopic (exact) mass is 393 g/mol. The predicted molar refractivity (Wildman–Crippen MR) is 102 cm³/mol. The average molecular weight is 394 g/mol. The van der Waals surface area contributed by atoms with Crippen molar-refractivity contribution in [1.29, 1.82) is 5.26 Å². The molecular weight excluding hydrogens is 381 g/mol. The summed E-state index contributed by atoms with van der Waals surface area (Å²) in [6.45, 7) is 0. The van der Waals surface area contributed by atoms with Gasteiger partial charge in [-0.05, 0) is 30.5 Å². The minimum absolute atomic E-state index is 0.199. The van der Waals surface area contributed by atoms with E-state index in [1.54, 1.807) is 30.3 Å². The van der Waals surface area contributed by atoms with Crippen molar-refractivity contribution in [2.75, 3.05) is 18.7 Å². The molecule has 5 nitrogen and oxygen atoms in total. The number of anilines is 1. The molecule has 25 heavy (non-hydrogen) atoms. The van der Waals surface area contributed by atoms with Crippen molar-refractivity contribution in [3.63, 3.8) is 0 Å². The Hall–Kier alpha value is -2.20. The van der Waals surface area contributed by atoms with Crippen LogP contribution < -0.4 is 5.32 Å². The summed E-state index contributed by atoms with van der Waals surface area (Å²) >= 11 is 13.2. The number of rotatable bonds is 5. The van der Waals surface area contributed by atoms with Crippen LogP contribution in [0.15, 0.2) is 41.6 Å². The van der Waals surface area contributed by atoms with Gasteiger partial charge in [-0.15, -0.1) is 11.8 Å². The maximum absolute atomic E-state index is 12.0. The highest BCUT2D eigenvalue weighted by Gasteiger charge is 2.18. The second-order valence-corrected chi connectivity index (χ2v) is 6.28. The van der Waals surface area contributed by atoms with Gasteiger partial charge in [-0.2, -0.15) is 5.26 Å². The van der Waals surface area contributed by atoms with Gasteiger partial charge in [0.1, 0.15) is 16.8 Å². The molecule has 0 radical (unpaired) electrons. The topological polar surface area (TPSA) is 75.0 Å². The highest BCUT2D eigenvalue weighted by molar-refractivity contribution is 8.02. The molecule has 0 spiro atoms. The molecular formula is C17H13Cl2N3O2S. The van der Waals surface area contributed by atoms with Gasteiger partial charge in [0.05, 0.1) is 28.4 Å². The number of nitrogens with zero attached hydrogens (tertiary/aromatic N) is 2. The first-order valence-corrected chi connectivity index (χ1v) is 8.94. The van der Waals surface area contributed by atoms with E-state index in [4.69, 9.17) is 27.9 Å². The van der Waals surface area contributed by atoms with Gasteiger partial charge in [-0.1, -0.05) is 29.3 Å². The Morgan fingerprint density at radius 2 is 2.08 bits per heavy atom. The third-order valence-corrected chi connectivity index (χ3v) is 4.46. The number of thioether (sulfide) groups is 1. The highest BCUT2D eigenvalue weighted by atomic mass is 35.5. The van der Waals surface area contributed by atoms with Crippen molar-refractivity contribution in [3.8, 4) is 6.07 Å². The number of aromatic nitrogens is 1. The number of halogens is 2. The zero-order valence-corrected chi connectivity index (χ0v) is 15.7. The fourth-order valence-corrected chi connectivity index (χ4v) is 2.99. The van der Waals surface area contributed by atoms with Crippen LogP contribution in [0.1, 0.15) is 15.9 Å². The molecule has 128 valence electrons. The van der Waals surface area contributed by atoms with Gasteiger partial charge in [-0.3, -0.25) is 0 Å². The molecule has 2 rings (SSSR count). The third kappa shape index (κ3) is 4.45. The summed E-state index contributed by atoms with van der Waals surface area (Å²) in [5.74, 6) is -0.569. The van der Waals surface area contributed by atoms with Gasteiger partial charge in [0.25, 0.3) is 0 Å². The van der Waals surface area contributed by atoms with Gasteiger partial charge in [-0.25, -0.2) is 9.78 Å². The van der Waals surface area contributed by atoms with E-state index >= 15 is 0 Å². The van der Waals surface area contributed by atoms with Crippen LogP contribution in [-0.4, -0.2) is 24.3 Å². The van der Waals surface area contributed by atoms with Crippen LogP contribution in [0, 0.1) is 11.3 Å². The average Bonchev–Trinajstić information content (AvgIpc) is 2.62. The summed E-state index contributed by atoms with van der Waals surface area (Å²) in [7, 11) is 1.28. The summed E-state index contributed by atoms with van der Waals surface area (Å²) < 4.78 is 4.78. The summed E-state index contributed by atoms with van der Waals surface area (Å²) in [4.78, 5) is 16.0. The van der Waals surface area contributed by atoms with E-state index < -0.39 is 5.97 Å². The molecule has 0 aliphatic heterocycles. The van der Waals surface area contributed by atoms with E-state index in [0.29, 0.717) is 27.0 Å². The second-order valence-electron chi connectivity index (χ2n) is 4.67. The standard InChI is InChI=1S/C17H13Cl2N3O2S/c1-24-17(23)15-12(18)4-3-5-13(15)22-16(25-2)11(8-20)10-6-7-14(19)21-9-10/h3-7,9,22H,1-2H3. The number of esters is 1. The zero-order valence-electron chi connectivity index (χ0n) is 13.3. The largest absolute Gasteiger partial charge is 0.465 e. The Labute approximate surface area is 159 Å². The Kier molecular flexibility index (Phi) is 6.71. The molecule has 0 amide bonds. The number of allylic oxidation sites excluding steroid dienone is 1. The molecule has 0 saturated heterocycles. The number of methoxy groups -OCH3 is 1. The van der Waals surface area contributed by atoms with E-state index in [1.165, 1.54) is 25.1 Å². The number of ether oxygens (including phenoxy) is 1. The van der Waals surface area contributed by atoms with Crippen molar-refractivity contribution in [2.24, 2.45) is 0 Å². The molecule has 0 saturated carbocycles. The van der Waals surface area contributed by atoms with Gasteiger partial charge in [0.15, 0.2) is 0 Å². The van der Waals surface area contributed by atoms with E-state index in [0.717, 1.165) is 0 Å². The molecule has 1 aromatic carbocycles.